The maximum atomic E-state index is 12.5. The number of amides is 1. The number of halogens is 2. The minimum Gasteiger partial charge on any atom is -0.315 e. The third kappa shape index (κ3) is 2.89. The zero-order chi connectivity index (χ0) is 16.8. The molecule has 0 saturated carbocycles. The Balaban J connectivity index is 1.97. The van der Waals surface area contributed by atoms with Crippen molar-refractivity contribution in [1.82, 2.24) is 0 Å². The topological polar surface area (TPSA) is 66.5 Å². The van der Waals surface area contributed by atoms with E-state index in [9.17, 15) is 13.2 Å². The van der Waals surface area contributed by atoms with Gasteiger partial charge in [-0.3, -0.25) is 9.52 Å². The van der Waals surface area contributed by atoms with Crippen LogP contribution in [0.4, 0.5) is 11.4 Å². The molecule has 0 aliphatic carbocycles. The van der Waals surface area contributed by atoms with Crippen molar-refractivity contribution >= 4 is 50.5 Å². The standard InChI is InChI=1S/C15H12Cl2N2O3S/c1-19-13-6-5-10(7-9(13)8-14(19)20)23(21,22)18-12-4-2-3-11(16)15(12)17/h2-7,18H,8H2,1H3. The summed E-state index contributed by atoms with van der Waals surface area (Å²) in [5, 5.41) is 0.391. The molecule has 2 aromatic rings. The van der Waals surface area contributed by atoms with E-state index in [0.29, 0.717) is 5.56 Å². The first-order valence-corrected chi connectivity index (χ1v) is 8.90. The first kappa shape index (κ1) is 16.1. The number of fused-ring (bicyclic) bond motifs is 1. The van der Waals surface area contributed by atoms with Crippen molar-refractivity contribution in [2.75, 3.05) is 16.7 Å². The fraction of sp³-hybridized carbons (Fsp3) is 0.133. The maximum Gasteiger partial charge on any atom is 0.261 e. The van der Waals surface area contributed by atoms with Crippen LogP contribution in [0.25, 0.3) is 0 Å². The van der Waals surface area contributed by atoms with Gasteiger partial charge in [-0.1, -0.05) is 29.3 Å². The quantitative estimate of drug-likeness (QED) is 0.900. The van der Waals surface area contributed by atoms with Gasteiger partial charge in [0.25, 0.3) is 10.0 Å². The normalized spacial score (nSPS) is 14.0. The fourth-order valence-electron chi connectivity index (χ4n) is 2.40. The number of hydrogen-bond acceptors (Lipinski definition) is 3. The highest BCUT2D eigenvalue weighted by molar-refractivity contribution is 7.92. The average Bonchev–Trinajstić information content (AvgIpc) is 2.78. The lowest BCUT2D eigenvalue weighted by Gasteiger charge is -2.13. The van der Waals surface area contributed by atoms with Gasteiger partial charge < -0.3 is 4.90 Å². The Hall–Kier alpha value is -1.76. The number of nitrogens with zero attached hydrogens (tertiary/aromatic N) is 1. The number of carbonyl (C=O) groups is 1. The summed E-state index contributed by atoms with van der Waals surface area (Å²) in [6, 6.07) is 9.26. The highest BCUT2D eigenvalue weighted by Gasteiger charge is 2.26. The summed E-state index contributed by atoms with van der Waals surface area (Å²) in [4.78, 5) is 13.3. The van der Waals surface area contributed by atoms with Gasteiger partial charge in [0.15, 0.2) is 0 Å². The third-order valence-corrected chi connectivity index (χ3v) is 5.82. The molecular weight excluding hydrogens is 359 g/mol. The molecule has 1 amide bonds. The molecule has 5 nitrogen and oxygen atoms in total. The monoisotopic (exact) mass is 370 g/mol. The number of carbonyl (C=O) groups excluding carboxylic acids is 1. The third-order valence-electron chi connectivity index (χ3n) is 3.63. The van der Waals surface area contributed by atoms with Gasteiger partial charge in [0.2, 0.25) is 5.91 Å². The van der Waals surface area contributed by atoms with Crippen LogP contribution in [0.1, 0.15) is 5.56 Å². The van der Waals surface area contributed by atoms with Crippen molar-refractivity contribution in [2.24, 2.45) is 0 Å². The number of benzene rings is 2. The molecule has 0 radical (unpaired) electrons. The highest BCUT2D eigenvalue weighted by Crippen LogP contribution is 2.33. The molecule has 2 aromatic carbocycles. The molecule has 1 aliphatic heterocycles. The van der Waals surface area contributed by atoms with Crippen LogP contribution in [-0.2, 0) is 21.2 Å². The molecule has 1 heterocycles. The Kier molecular flexibility index (Phi) is 4.00. The molecule has 23 heavy (non-hydrogen) atoms. The Morgan fingerprint density at radius 2 is 1.91 bits per heavy atom. The van der Waals surface area contributed by atoms with E-state index in [-0.39, 0.29) is 33.0 Å². The first-order chi connectivity index (χ1) is 10.8. The van der Waals surface area contributed by atoms with E-state index in [1.54, 1.807) is 25.2 Å². The first-order valence-electron chi connectivity index (χ1n) is 6.66. The predicted octanol–water partition coefficient (Wildman–Crippen LogP) is 3.31. The second-order valence-corrected chi connectivity index (χ2v) is 7.59. The van der Waals surface area contributed by atoms with Crippen LogP contribution < -0.4 is 9.62 Å². The van der Waals surface area contributed by atoms with Crippen LogP contribution >= 0.6 is 23.2 Å². The summed E-state index contributed by atoms with van der Waals surface area (Å²) in [7, 11) is -2.17. The van der Waals surface area contributed by atoms with Crippen LogP contribution in [0.2, 0.25) is 10.0 Å². The zero-order valence-corrected chi connectivity index (χ0v) is 14.3. The van der Waals surface area contributed by atoms with Gasteiger partial charge in [-0.05, 0) is 35.9 Å². The molecule has 1 N–H and O–H groups in total. The van der Waals surface area contributed by atoms with Crippen LogP contribution in [0.5, 0.6) is 0 Å². The Morgan fingerprint density at radius 1 is 1.17 bits per heavy atom. The van der Waals surface area contributed by atoms with Gasteiger partial charge in [-0.25, -0.2) is 8.42 Å². The van der Waals surface area contributed by atoms with E-state index < -0.39 is 10.0 Å². The number of rotatable bonds is 3. The molecule has 8 heteroatoms. The van der Waals surface area contributed by atoms with Gasteiger partial charge in [0, 0.05) is 12.7 Å². The summed E-state index contributed by atoms with van der Waals surface area (Å²) >= 11 is 11.9. The molecule has 1 aliphatic rings. The molecule has 3 rings (SSSR count). The molecule has 0 fully saturated rings. The Morgan fingerprint density at radius 3 is 2.65 bits per heavy atom. The summed E-state index contributed by atoms with van der Waals surface area (Å²) in [5.74, 6) is -0.0691. The van der Waals surface area contributed by atoms with Crippen molar-refractivity contribution in [2.45, 2.75) is 11.3 Å². The Bertz CT molecular complexity index is 913. The predicted molar refractivity (Wildman–Crippen MR) is 90.8 cm³/mol. The van der Waals surface area contributed by atoms with E-state index in [2.05, 4.69) is 4.72 Å². The van der Waals surface area contributed by atoms with Crippen molar-refractivity contribution in [3.05, 3.63) is 52.0 Å². The fourth-order valence-corrected chi connectivity index (χ4v) is 3.93. The van der Waals surface area contributed by atoms with Gasteiger partial charge in [-0.15, -0.1) is 0 Å². The second kappa shape index (κ2) is 5.70. The van der Waals surface area contributed by atoms with Gasteiger partial charge in [0.1, 0.15) is 0 Å². The molecule has 0 unspecified atom stereocenters. The van der Waals surface area contributed by atoms with Crippen LogP contribution in [0.15, 0.2) is 41.3 Å². The molecule has 120 valence electrons. The Labute approximate surface area is 143 Å². The van der Waals surface area contributed by atoms with E-state index in [4.69, 9.17) is 23.2 Å². The lowest BCUT2D eigenvalue weighted by molar-refractivity contribution is -0.117. The lowest BCUT2D eigenvalue weighted by atomic mass is 10.2. The van der Waals surface area contributed by atoms with E-state index >= 15 is 0 Å². The summed E-state index contributed by atoms with van der Waals surface area (Å²) in [6.45, 7) is 0. The minimum absolute atomic E-state index is 0.0652. The minimum atomic E-state index is -3.83. The number of sulfonamides is 1. The van der Waals surface area contributed by atoms with Gasteiger partial charge in [-0.2, -0.15) is 0 Å². The SMILES string of the molecule is CN1C(=O)Cc2cc(S(=O)(=O)Nc3cccc(Cl)c3Cl)ccc21. The molecule has 0 aromatic heterocycles. The maximum absolute atomic E-state index is 12.5. The number of nitrogens with one attached hydrogen (secondary N) is 1. The van der Waals surface area contributed by atoms with Crippen molar-refractivity contribution in [1.29, 1.82) is 0 Å². The van der Waals surface area contributed by atoms with Gasteiger partial charge in [0.05, 0.1) is 27.0 Å². The van der Waals surface area contributed by atoms with Crippen LogP contribution in [-0.4, -0.2) is 21.4 Å². The smallest absolute Gasteiger partial charge is 0.261 e. The zero-order valence-electron chi connectivity index (χ0n) is 12.0. The second-order valence-electron chi connectivity index (χ2n) is 5.13. The van der Waals surface area contributed by atoms with Crippen LogP contribution in [0, 0.1) is 0 Å². The lowest BCUT2D eigenvalue weighted by Crippen LogP contribution is -2.20. The van der Waals surface area contributed by atoms with Crippen LogP contribution in [0.3, 0.4) is 0 Å². The van der Waals surface area contributed by atoms with Gasteiger partial charge >= 0.3 is 0 Å². The molecule has 0 atom stereocenters. The largest absolute Gasteiger partial charge is 0.315 e. The number of likely N-dealkylation sites (N-methyl/N-ethyl adjacent to an activating group) is 1. The van der Waals surface area contributed by atoms with Crippen molar-refractivity contribution in [3.8, 4) is 0 Å². The number of hydrogen-bond donors (Lipinski definition) is 1. The van der Waals surface area contributed by atoms with Crippen molar-refractivity contribution < 1.29 is 13.2 Å². The van der Waals surface area contributed by atoms with E-state index in [0.717, 1.165) is 5.69 Å². The van der Waals surface area contributed by atoms with E-state index in [1.165, 1.54) is 23.1 Å². The van der Waals surface area contributed by atoms with Crippen molar-refractivity contribution in [3.63, 3.8) is 0 Å². The average molecular weight is 371 g/mol. The molecule has 0 bridgehead atoms. The molecule has 0 saturated heterocycles. The summed E-state index contributed by atoms with van der Waals surface area (Å²) in [6.07, 6.45) is 0.188. The van der Waals surface area contributed by atoms with E-state index in [1.807, 2.05) is 0 Å². The summed E-state index contributed by atoms with van der Waals surface area (Å²) < 4.78 is 27.4. The molecule has 0 spiro atoms. The highest BCUT2D eigenvalue weighted by atomic mass is 35.5. The summed E-state index contributed by atoms with van der Waals surface area (Å²) in [5.41, 5.74) is 1.60. The number of anilines is 2. The molecular formula is C15H12Cl2N2O3S.